The molecule has 5 aliphatic rings. The van der Waals surface area contributed by atoms with Gasteiger partial charge in [-0.2, -0.15) is 5.10 Å². The second-order valence-corrected chi connectivity index (χ2v) is 17.5. The van der Waals surface area contributed by atoms with Crippen LogP contribution in [-0.4, -0.2) is 76.5 Å². The molecule has 7 atom stereocenters. The van der Waals surface area contributed by atoms with E-state index in [-0.39, 0.29) is 33.8 Å². The summed E-state index contributed by atoms with van der Waals surface area (Å²) in [7, 11) is 0. The van der Waals surface area contributed by atoms with Gasteiger partial charge in [-0.1, -0.05) is 50.6 Å². The smallest absolute Gasteiger partial charge is 0.272 e. The number of allylic oxidation sites excluding steroid dienone is 2. The summed E-state index contributed by atoms with van der Waals surface area (Å²) in [5.74, 6) is 2.04. The number of fused-ring (bicyclic) bond motifs is 6. The number of benzene rings is 2. The lowest BCUT2D eigenvalue weighted by Gasteiger charge is -2.58. The zero-order valence-corrected chi connectivity index (χ0v) is 32.4. The monoisotopic (exact) mass is 750 g/mol. The number of rotatable bonds is 10. The molecule has 0 bridgehead atoms. The SMILES string of the molecule is CC12C=CC(=O)CC1CCC1C2CCC2(C)C(OCCCCCC(=O)N3CCN(C(=O)c4cc(Cc5n[nH]c(=O)c6ccccc56)ccc4F)CC3)CCC12. The van der Waals surface area contributed by atoms with Crippen LogP contribution in [0.4, 0.5) is 4.39 Å². The van der Waals surface area contributed by atoms with E-state index in [9.17, 15) is 23.6 Å². The van der Waals surface area contributed by atoms with E-state index in [0.29, 0.717) is 85.3 Å². The summed E-state index contributed by atoms with van der Waals surface area (Å²) in [4.78, 5) is 54.4. The molecule has 1 aliphatic heterocycles. The van der Waals surface area contributed by atoms with E-state index in [0.717, 1.165) is 50.0 Å². The van der Waals surface area contributed by atoms with Gasteiger partial charge >= 0.3 is 0 Å². The van der Waals surface area contributed by atoms with Crippen LogP contribution in [0.2, 0.25) is 0 Å². The standard InChI is InChI=1S/C45H55FN4O5/c1-44-19-17-31(51)28-30(44)12-13-34-36-14-16-40(45(36,2)20-18-37(34)44)55-25-7-3-4-10-41(52)49-21-23-50(24-22-49)43(54)35-26-29(11-15-38(35)46)27-39-32-8-5-6-9-33(32)42(53)48-47-39/h5-6,8-9,11,15,17,19,26,30,34,36-37,40H,3-4,7,10,12-14,16,18,20-25,27-28H2,1-2H3,(H,48,53). The summed E-state index contributed by atoms with van der Waals surface area (Å²) >= 11 is 0. The van der Waals surface area contributed by atoms with E-state index in [2.05, 4.69) is 30.1 Å². The van der Waals surface area contributed by atoms with Gasteiger partial charge in [0.15, 0.2) is 5.78 Å². The van der Waals surface area contributed by atoms with Crippen molar-refractivity contribution in [1.82, 2.24) is 20.0 Å². The Morgan fingerprint density at radius 2 is 1.69 bits per heavy atom. The number of halogens is 1. The molecule has 7 unspecified atom stereocenters. The molecule has 292 valence electrons. The van der Waals surface area contributed by atoms with Crippen LogP contribution in [0.1, 0.15) is 106 Å². The number of hydrogen-bond acceptors (Lipinski definition) is 6. The van der Waals surface area contributed by atoms with Crippen LogP contribution in [0.5, 0.6) is 0 Å². The van der Waals surface area contributed by atoms with Crippen LogP contribution in [0, 0.1) is 40.3 Å². The Labute approximate surface area is 323 Å². The average Bonchev–Trinajstić information content (AvgIpc) is 3.54. The van der Waals surface area contributed by atoms with Crippen LogP contribution in [0.3, 0.4) is 0 Å². The van der Waals surface area contributed by atoms with Crippen molar-refractivity contribution in [1.29, 1.82) is 0 Å². The molecule has 55 heavy (non-hydrogen) atoms. The third kappa shape index (κ3) is 7.20. The highest BCUT2D eigenvalue weighted by Crippen LogP contribution is 2.65. The Kier molecular flexibility index (Phi) is 10.6. The zero-order chi connectivity index (χ0) is 38.3. The van der Waals surface area contributed by atoms with Gasteiger partial charge in [0.1, 0.15) is 5.82 Å². The Balaban J connectivity index is 0.764. The molecule has 10 heteroatoms. The fraction of sp³-hybridized carbons (Fsp3) is 0.578. The Morgan fingerprint density at radius 1 is 0.909 bits per heavy atom. The van der Waals surface area contributed by atoms with Crippen molar-refractivity contribution >= 4 is 28.4 Å². The van der Waals surface area contributed by atoms with Crippen LogP contribution < -0.4 is 5.56 Å². The number of ketones is 1. The number of nitrogens with one attached hydrogen (secondary N) is 1. The van der Waals surface area contributed by atoms with Crippen molar-refractivity contribution in [2.45, 2.75) is 97.0 Å². The van der Waals surface area contributed by atoms with Gasteiger partial charge in [-0.3, -0.25) is 19.2 Å². The summed E-state index contributed by atoms with van der Waals surface area (Å²) in [5, 5.41) is 8.01. The van der Waals surface area contributed by atoms with Gasteiger partial charge in [0.05, 0.1) is 22.7 Å². The molecule has 4 fully saturated rings. The molecule has 2 amide bonds. The predicted octanol–water partition coefficient (Wildman–Crippen LogP) is 7.27. The topological polar surface area (TPSA) is 113 Å². The first-order chi connectivity index (χ1) is 26.5. The van der Waals surface area contributed by atoms with E-state index in [1.165, 1.54) is 38.2 Å². The predicted molar refractivity (Wildman–Crippen MR) is 209 cm³/mol. The van der Waals surface area contributed by atoms with Gasteiger partial charge < -0.3 is 14.5 Å². The fourth-order valence-corrected chi connectivity index (χ4v) is 11.5. The maximum Gasteiger partial charge on any atom is 0.272 e. The molecular formula is C45H55FN4O5. The largest absolute Gasteiger partial charge is 0.378 e. The lowest BCUT2D eigenvalue weighted by molar-refractivity contribution is -0.133. The van der Waals surface area contributed by atoms with Crippen LogP contribution in [0.25, 0.3) is 10.8 Å². The number of ether oxygens (including phenoxy) is 1. The number of hydrogen-bond donors (Lipinski definition) is 1. The molecule has 2 aromatic carbocycles. The summed E-state index contributed by atoms with van der Waals surface area (Å²) in [5.41, 5.74) is 1.47. The summed E-state index contributed by atoms with van der Waals surface area (Å²) < 4.78 is 21.6. The molecule has 9 nitrogen and oxygen atoms in total. The van der Waals surface area contributed by atoms with Crippen molar-refractivity contribution in [3.05, 3.63) is 87.6 Å². The van der Waals surface area contributed by atoms with Gasteiger partial charge in [-0.15, -0.1) is 0 Å². The molecule has 0 spiro atoms. The van der Waals surface area contributed by atoms with Gasteiger partial charge in [-0.05, 0) is 116 Å². The van der Waals surface area contributed by atoms with Crippen molar-refractivity contribution in [3.63, 3.8) is 0 Å². The first-order valence-corrected chi connectivity index (χ1v) is 20.7. The Bertz CT molecular complexity index is 2040. The quantitative estimate of drug-likeness (QED) is 0.218. The first-order valence-electron chi connectivity index (χ1n) is 20.7. The van der Waals surface area contributed by atoms with Gasteiger partial charge in [0.2, 0.25) is 5.91 Å². The third-order valence-electron chi connectivity index (χ3n) is 14.6. The number of amides is 2. The average molecular weight is 751 g/mol. The normalized spacial score (nSPS) is 30.2. The zero-order valence-electron chi connectivity index (χ0n) is 32.4. The Morgan fingerprint density at radius 3 is 2.51 bits per heavy atom. The van der Waals surface area contributed by atoms with Crippen LogP contribution in [0.15, 0.2) is 59.4 Å². The minimum Gasteiger partial charge on any atom is -0.378 e. The highest BCUT2D eigenvalue weighted by Gasteiger charge is 2.59. The number of carbonyl (C=O) groups excluding carboxylic acids is 3. The Hall–Kier alpha value is -4.18. The molecule has 8 rings (SSSR count). The number of piperazine rings is 1. The number of aromatic nitrogens is 2. The second kappa shape index (κ2) is 15.4. The molecule has 1 N–H and O–H groups in total. The maximum absolute atomic E-state index is 15.0. The van der Waals surface area contributed by atoms with Crippen molar-refractivity contribution < 1.29 is 23.5 Å². The van der Waals surface area contributed by atoms with Gasteiger partial charge in [-0.25, -0.2) is 9.49 Å². The highest BCUT2D eigenvalue weighted by atomic mass is 19.1. The highest BCUT2D eigenvalue weighted by molar-refractivity contribution is 5.95. The molecule has 4 aliphatic carbocycles. The summed E-state index contributed by atoms with van der Waals surface area (Å²) in [6.07, 6.45) is 15.9. The van der Waals surface area contributed by atoms with E-state index in [1.807, 2.05) is 23.1 Å². The molecule has 0 radical (unpaired) electrons. The second-order valence-electron chi connectivity index (χ2n) is 17.5. The van der Waals surface area contributed by atoms with Crippen molar-refractivity contribution in [2.75, 3.05) is 32.8 Å². The molecule has 2 heterocycles. The number of carbonyl (C=O) groups is 3. The number of nitrogens with zero attached hydrogens (tertiary/aromatic N) is 3. The van der Waals surface area contributed by atoms with E-state index in [4.69, 9.17) is 4.74 Å². The third-order valence-corrected chi connectivity index (χ3v) is 14.6. The molecule has 1 aromatic heterocycles. The fourth-order valence-electron chi connectivity index (χ4n) is 11.5. The number of aromatic amines is 1. The first kappa shape index (κ1) is 37.7. The number of H-pyrrole nitrogens is 1. The lowest BCUT2D eigenvalue weighted by atomic mass is 9.46. The molecule has 3 aromatic rings. The van der Waals surface area contributed by atoms with E-state index < -0.39 is 5.82 Å². The summed E-state index contributed by atoms with van der Waals surface area (Å²) in [6.45, 7) is 7.21. The van der Waals surface area contributed by atoms with E-state index in [1.54, 1.807) is 29.2 Å². The maximum atomic E-state index is 15.0. The molecule has 1 saturated heterocycles. The lowest BCUT2D eigenvalue weighted by Crippen LogP contribution is -2.53. The van der Waals surface area contributed by atoms with Gasteiger partial charge in [0, 0.05) is 57.4 Å². The molecule has 3 saturated carbocycles. The number of unbranched alkanes of at least 4 members (excludes halogenated alkanes) is 2. The minimum absolute atomic E-state index is 0.000105. The van der Waals surface area contributed by atoms with Crippen molar-refractivity contribution in [2.24, 2.45) is 34.5 Å². The minimum atomic E-state index is -0.585. The van der Waals surface area contributed by atoms with Crippen molar-refractivity contribution in [3.8, 4) is 0 Å². The van der Waals surface area contributed by atoms with E-state index >= 15 is 0 Å². The summed E-state index contributed by atoms with van der Waals surface area (Å²) in [6, 6.07) is 11.7. The van der Waals surface area contributed by atoms with Gasteiger partial charge in [0.25, 0.3) is 11.5 Å². The van der Waals surface area contributed by atoms with Crippen LogP contribution >= 0.6 is 0 Å². The van der Waals surface area contributed by atoms with Crippen LogP contribution in [-0.2, 0) is 20.7 Å². The molecular weight excluding hydrogens is 696 g/mol.